The van der Waals surface area contributed by atoms with Gasteiger partial charge in [0.25, 0.3) is 0 Å². The Morgan fingerprint density at radius 1 is 1.18 bits per heavy atom. The molecular weight excluding hydrogens is 219 g/mol. The maximum atomic E-state index is 13.2. The fraction of sp³-hybridized carbons (Fsp3) is 0.0714. The van der Waals surface area contributed by atoms with E-state index in [1.54, 1.807) is 37.3 Å². The zero-order chi connectivity index (χ0) is 12.4. The number of carbonyl (C=O) groups excluding carboxylic acids is 1. The first-order valence-corrected chi connectivity index (χ1v) is 5.18. The number of phenols is 1. The van der Waals surface area contributed by atoms with Crippen LogP contribution in [0.25, 0.3) is 0 Å². The highest BCUT2D eigenvalue weighted by Gasteiger charge is 2.15. The van der Waals surface area contributed by atoms with Crippen LogP contribution in [-0.4, -0.2) is 10.9 Å². The number of carbonyl (C=O) groups is 1. The number of ketones is 1. The number of benzene rings is 2. The smallest absolute Gasteiger partial charge is 0.196 e. The summed E-state index contributed by atoms with van der Waals surface area (Å²) in [6, 6.07) is 10.9. The SMILES string of the molecule is Cc1cc(C(=O)c2ccccc2)c(O)cc1F. The second-order valence-electron chi connectivity index (χ2n) is 3.81. The summed E-state index contributed by atoms with van der Waals surface area (Å²) in [6.07, 6.45) is 0. The number of phenolic OH excluding ortho intramolecular Hbond substituents is 1. The van der Waals surface area contributed by atoms with E-state index in [4.69, 9.17) is 0 Å². The summed E-state index contributed by atoms with van der Waals surface area (Å²) in [7, 11) is 0. The zero-order valence-corrected chi connectivity index (χ0v) is 9.27. The summed E-state index contributed by atoms with van der Waals surface area (Å²) in [5.74, 6) is -1.17. The van der Waals surface area contributed by atoms with Crippen LogP contribution in [-0.2, 0) is 0 Å². The van der Waals surface area contributed by atoms with Gasteiger partial charge in [-0.2, -0.15) is 0 Å². The molecule has 0 saturated carbocycles. The molecule has 0 radical (unpaired) electrons. The number of halogens is 1. The fourth-order valence-electron chi connectivity index (χ4n) is 1.60. The van der Waals surface area contributed by atoms with Crippen molar-refractivity contribution in [1.29, 1.82) is 0 Å². The zero-order valence-electron chi connectivity index (χ0n) is 9.27. The van der Waals surface area contributed by atoms with Gasteiger partial charge in [0.1, 0.15) is 11.6 Å². The average Bonchev–Trinajstić information content (AvgIpc) is 2.34. The van der Waals surface area contributed by atoms with Crippen molar-refractivity contribution in [2.75, 3.05) is 0 Å². The van der Waals surface area contributed by atoms with E-state index in [0.717, 1.165) is 6.07 Å². The lowest BCUT2D eigenvalue weighted by atomic mass is 10.0. The molecule has 0 fully saturated rings. The molecule has 0 amide bonds. The van der Waals surface area contributed by atoms with Crippen molar-refractivity contribution in [3.8, 4) is 5.75 Å². The highest BCUT2D eigenvalue weighted by atomic mass is 19.1. The van der Waals surface area contributed by atoms with Gasteiger partial charge in [-0.1, -0.05) is 30.3 Å². The van der Waals surface area contributed by atoms with Gasteiger partial charge in [0.15, 0.2) is 5.78 Å². The largest absolute Gasteiger partial charge is 0.507 e. The van der Waals surface area contributed by atoms with Crippen molar-refractivity contribution in [3.05, 3.63) is 65.0 Å². The molecule has 0 aliphatic rings. The van der Waals surface area contributed by atoms with E-state index in [1.165, 1.54) is 6.07 Å². The van der Waals surface area contributed by atoms with Crippen LogP contribution in [0, 0.1) is 12.7 Å². The van der Waals surface area contributed by atoms with E-state index in [2.05, 4.69) is 0 Å². The minimum Gasteiger partial charge on any atom is -0.507 e. The molecule has 2 aromatic carbocycles. The van der Waals surface area contributed by atoms with Crippen LogP contribution in [0.4, 0.5) is 4.39 Å². The van der Waals surface area contributed by atoms with Gasteiger partial charge in [0.2, 0.25) is 0 Å². The van der Waals surface area contributed by atoms with Gasteiger partial charge in [-0.15, -0.1) is 0 Å². The van der Waals surface area contributed by atoms with E-state index in [9.17, 15) is 14.3 Å². The third-order valence-corrected chi connectivity index (χ3v) is 2.56. The third kappa shape index (κ3) is 2.18. The minimum absolute atomic E-state index is 0.120. The van der Waals surface area contributed by atoms with Gasteiger partial charge >= 0.3 is 0 Å². The lowest BCUT2D eigenvalue weighted by Crippen LogP contribution is -2.02. The summed E-state index contributed by atoms with van der Waals surface area (Å²) in [6.45, 7) is 1.55. The van der Waals surface area contributed by atoms with E-state index >= 15 is 0 Å². The van der Waals surface area contributed by atoms with Crippen LogP contribution < -0.4 is 0 Å². The molecule has 0 aliphatic heterocycles. The number of rotatable bonds is 2. The van der Waals surface area contributed by atoms with Crippen molar-refractivity contribution >= 4 is 5.78 Å². The molecule has 0 heterocycles. The molecule has 0 bridgehead atoms. The molecule has 86 valence electrons. The quantitative estimate of drug-likeness (QED) is 0.805. The Hall–Kier alpha value is -2.16. The fourth-order valence-corrected chi connectivity index (χ4v) is 1.60. The molecule has 2 rings (SSSR count). The number of hydrogen-bond donors (Lipinski definition) is 1. The topological polar surface area (TPSA) is 37.3 Å². The maximum Gasteiger partial charge on any atom is 0.196 e. The van der Waals surface area contributed by atoms with Crippen molar-refractivity contribution in [2.45, 2.75) is 6.92 Å². The Labute approximate surface area is 98.3 Å². The Bertz CT molecular complexity index is 562. The van der Waals surface area contributed by atoms with E-state index in [0.29, 0.717) is 11.1 Å². The van der Waals surface area contributed by atoms with Crippen molar-refractivity contribution in [3.63, 3.8) is 0 Å². The number of hydrogen-bond acceptors (Lipinski definition) is 2. The first-order valence-electron chi connectivity index (χ1n) is 5.18. The van der Waals surface area contributed by atoms with Crippen molar-refractivity contribution in [2.24, 2.45) is 0 Å². The Kier molecular flexibility index (Phi) is 2.91. The lowest BCUT2D eigenvalue weighted by Gasteiger charge is -2.06. The summed E-state index contributed by atoms with van der Waals surface area (Å²) in [5, 5.41) is 9.59. The minimum atomic E-state index is -0.521. The molecule has 0 aliphatic carbocycles. The Balaban J connectivity index is 2.48. The standard InChI is InChI=1S/C14H11FO2/c1-9-7-11(13(16)8-12(9)15)14(17)10-5-3-2-4-6-10/h2-8,16H,1H3. The highest BCUT2D eigenvalue weighted by Crippen LogP contribution is 2.23. The second kappa shape index (κ2) is 4.37. The first-order chi connectivity index (χ1) is 8.09. The van der Waals surface area contributed by atoms with Crippen LogP contribution in [0.1, 0.15) is 21.5 Å². The number of aromatic hydroxyl groups is 1. The van der Waals surface area contributed by atoms with Crippen LogP contribution in [0.15, 0.2) is 42.5 Å². The molecule has 2 aromatic rings. The maximum absolute atomic E-state index is 13.2. The van der Waals surface area contributed by atoms with E-state index in [1.807, 2.05) is 0 Å². The molecule has 0 aromatic heterocycles. The summed E-state index contributed by atoms with van der Waals surface area (Å²) in [4.78, 5) is 12.0. The van der Waals surface area contributed by atoms with Crippen LogP contribution in [0.3, 0.4) is 0 Å². The average molecular weight is 230 g/mol. The Morgan fingerprint density at radius 2 is 1.82 bits per heavy atom. The molecule has 17 heavy (non-hydrogen) atoms. The Morgan fingerprint density at radius 3 is 2.47 bits per heavy atom. The van der Waals surface area contributed by atoms with Crippen LogP contribution >= 0.6 is 0 Å². The normalized spacial score (nSPS) is 10.2. The van der Waals surface area contributed by atoms with E-state index < -0.39 is 5.82 Å². The van der Waals surface area contributed by atoms with Gasteiger partial charge in [-0.05, 0) is 18.6 Å². The van der Waals surface area contributed by atoms with Gasteiger partial charge < -0.3 is 5.11 Å². The van der Waals surface area contributed by atoms with Gasteiger partial charge in [0.05, 0.1) is 5.56 Å². The van der Waals surface area contributed by atoms with Gasteiger partial charge in [-0.25, -0.2) is 4.39 Å². The second-order valence-corrected chi connectivity index (χ2v) is 3.81. The first kappa shape index (κ1) is 11.3. The van der Waals surface area contributed by atoms with Crippen LogP contribution in [0.2, 0.25) is 0 Å². The third-order valence-electron chi connectivity index (χ3n) is 2.56. The molecule has 0 atom stereocenters. The molecule has 0 saturated heterocycles. The molecular formula is C14H11FO2. The van der Waals surface area contributed by atoms with E-state index in [-0.39, 0.29) is 17.1 Å². The summed E-state index contributed by atoms with van der Waals surface area (Å²) < 4.78 is 13.2. The van der Waals surface area contributed by atoms with Crippen molar-refractivity contribution in [1.82, 2.24) is 0 Å². The monoisotopic (exact) mass is 230 g/mol. The number of aryl methyl sites for hydroxylation is 1. The van der Waals surface area contributed by atoms with Crippen LogP contribution in [0.5, 0.6) is 5.75 Å². The molecule has 1 N–H and O–H groups in total. The predicted octanol–water partition coefficient (Wildman–Crippen LogP) is 3.07. The molecule has 0 unspecified atom stereocenters. The van der Waals surface area contributed by atoms with Gasteiger partial charge in [-0.3, -0.25) is 4.79 Å². The molecule has 3 heteroatoms. The van der Waals surface area contributed by atoms with Crippen molar-refractivity contribution < 1.29 is 14.3 Å². The summed E-state index contributed by atoms with van der Waals surface area (Å²) >= 11 is 0. The predicted molar refractivity (Wildman–Crippen MR) is 62.7 cm³/mol. The highest BCUT2D eigenvalue weighted by molar-refractivity contribution is 6.10. The molecule has 2 nitrogen and oxygen atoms in total. The summed E-state index contributed by atoms with van der Waals surface area (Å²) in [5.41, 5.74) is 0.922. The van der Waals surface area contributed by atoms with Gasteiger partial charge in [0, 0.05) is 11.6 Å². The lowest BCUT2D eigenvalue weighted by molar-refractivity contribution is 0.103. The molecule has 0 spiro atoms.